The molecule has 2 N–H and O–H groups in total. The summed E-state index contributed by atoms with van der Waals surface area (Å²) in [5.41, 5.74) is 0.0373. The second-order valence-electron chi connectivity index (χ2n) is 14.1. The summed E-state index contributed by atoms with van der Waals surface area (Å²) in [6.07, 6.45) is 2.90. The second-order valence-corrected chi connectivity index (χ2v) is 14.1. The molecule has 0 saturated heterocycles. The highest BCUT2D eigenvalue weighted by atomic mass is 19.4. The van der Waals surface area contributed by atoms with Crippen molar-refractivity contribution in [3.8, 4) is 0 Å². The third kappa shape index (κ3) is 6.10. The molecular weight excluding hydrogens is 531 g/mol. The van der Waals surface area contributed by atoms with Gasteiger partial charge in [-0.3, -0.25) is 9.59 Å². The van der Waals surface area contributed by atoms with E-state index >= 15 is 0 Å². The third-order valence-corrected chi connectivity index (χ3v) is 11.9. The fourth-order valence-corrected chi connectivity index (χ4v) is 9.78. The molecule has 4 nitrogen and oxygen atoms in total. The number of halogens is 5. The highest BCUT2D eigenvalue weighted by Gasteiger charge is 2.62. The van der Waals surface area contributed by atoms with Gasteiger partial charge in [-0.2, -0.15) is 22.0 Å². The molecule has 4 unspecified atom stereocenters. The van der Waals surface area contributed by atoms with Crippen molar-refractivity contribution in [2.75, 3.05) is 0 Å². The summed E-state index contributed by atoms with van der Waals surface area (Å²) in [4.78, 5) is 23.9. The van der Waals surface area contributed by atoms with Crippen LogP contribution in [0.2, 0.25) is 0 Å². The highest BCUT2D eigenvalue weighted by Crippen LogP contribution is 2.68. The predicted octanol–water partition coefficient (Wildman–Crippen LogP) is 8.20. The molecule has 0 aromatic rings. The van der Waals surface area contributed by atoms with E-state index in [-0.39, 0.29) is 29.8 Å². The van der Waals surface area contributed by atoms with Gasteiger partial charge in [0.2, 0.25) is 0 Å². The normalized spacial score (nSPS) is 38.9. The zero-order valence-electron chi connectivity index (χ0n) is 24.0. The molecule has 0 amide bonds. The van der Waals surface area contributed by atoms with Crippen molar-refractivity contribution >= 4 is 11.8 Å². The first-order chi connectivity index (χ1) is 18.6. The Balaban J connectivity index is 1.34. The Morgan fingerprint density at radius 3 is 2.35 bits per heavy atom. The van der Waals surface area contributed by atoms with Crippen LogP contribution in [0.3, 0.4) is 0 Å². The average molecular weight is 579 g/mol. The largest absolute Gasteiger partial charge is 0.481 e. The molecule has 9 heteroatoms. The first kappa shape index (κ1) is 31.7. The maximum absolute atomic E-state index is 13.2. The van der Waals surface area contributed by atoms with E-state index in [1.54, 1.807) is 0 Å². The zero-order chi connectivity index (χ0) is 29.5. The van der Waals surface area contributed by atoms with Crippen molar-refractivity contribution < 1.29 is 41.8 Å². The van der Waals surface area contributed by atoms with Gasteiger partial charge in [0, 0.05) is 19.3 Å². The summed E-state index contributed by atoms with van der Waals surface area (Å²) in [7, 11) is 0. The number of hydrogen-bond donors (Lipinski definition) is 2. The molecule has 40 heavy (non-hydrogen) atoms. The third-order valence-electron chi connectivity index (χ3n) is 11.9. The number of aliphatic hydroxyl groups excluding tert-OH is 1. The summed E-state index contributed by atoms with van der Waals surface area (Å²) >= 11 is 0. The zero-order valence-corrected chi connectivity index (χ0v) is 24.0. The fraction of sp³-hybridized carbons (Fsp3) is 0.935. The summed E-state index contributed by atoms with van der Waals surface area (Å²) < 4.78 is 63.7. The lowest BCUT2D eigenvalue weighted by molar-refractivity contribution is -0.284. The van der Waals surface area contributed by atoms with Gasteiger partial charge in [0.15, 0.2) is 0 Å². The van der Waals surface area contributed by atoms with Gasteiger partial charge in [-0.25, -0.2) is 0 Å². The van der Waals surface area contributed by atoms with Crippen LogP contribution in [0.5, 0.6) is 0 Å². The highest BCUT2D eigenvalue weighted by molar-refractivity contribution is 5.79. The maximum Gasteiger partial charge on any atom is 0.453 e. The number of rotatable bonds is 11. The minimum absolute atomic E-state index is 0.0909. The number of hydrogen-bond acceptors (Lipinski definition) is 3. The number of carbonyl (C=O) groups excluding carboxylic acids is 1. The van der Waals surface area contributed by atoms with Crippen LogP contribution in [0.1, 0.15) is 117 Å². The molecule has 230 valence electrons. The van der Waals surface area contributed by atoms with Gasteiger partial charge >= 0.3 is 18.1 Å². The molecule has 4 saturated carbocycles. The number of unbranched alkanes of at least 4 members (excludes halogenated alkanes) is 2. The number of alkyl halides is 5. The van der Waals surface area contributed by atoms with Crippen molar-refractivity contribution in [2.45, 2.75) is 135 Å². The molecule has 0 aromatic heterocycles. The topological polar surface area (TPSA) is 74.6 Å². The van der Waals surface area contributed by atoms with E-state index in [0.717, 1.165) is 57.8 Å². The van der Waals surface area contributed by atoms with Gasteiger partial charge in [-0.15, -0.1) is 0 Å². The van der Waals surface area contributed by atoms with Crippen LogP contribution in [-0.2, 0) is 9.59 Å². The van der Waals surface area contributed by atoms with Gasteiger partial charge in [-0.1, -0.05) is 39.5 Å². The SMILES string of the molecule is C[C@]12CCC(=O)CC1CC[C@@H]1[C@H]2C(CCCCCC(CCCC(F)(F)C(F)(F)F)C(=O)O)C[C@]2(C)C(O)CC[C@@H]12. The van der Waals surface area contributed by atoms with Gasteiger partial charge in [0.25, 0.3) is 0 Å². The molecule has 0 aliphatic heterocycles. The number of carboxylic acids is 1. The summed E-state index contributed by atoms with van der Waals surface area (Å²) in [6, 6.07) is 0. The Kier molecular flexibility index (Phi) is 9.34. The van der Waals surface area contributed by atoms with Crippen LogP contribution in [-0.4, -0.2) is 40.2 Å². The monoisotopic (exact) mass is 578 g/mol. The molecule has 4 rings (SSSR count). The lowest BCUT2D eigenvalue weighted by Crippen LogP contribution is -2.57. The first-order valence-electron chi connectivity index (χ1n) is 15.5. The number of carboxylic acid groups (broad SMARTS) is 1. The summed E-state index contributed by atoms with van der Waals surface area (Å²) in [6.45, 7) is 4.67. The second kappa shape index (κ2) is 11.8. The minimum atomic E-state index is -5.61. The Bertz CT molecular complexity index is 922. The van der Waals surface area contributed by atoms with Crippen molar-refractivity contribution in [3.05, 3.63) is 0 Å². The van der Waals surface area contributed by atoms with Crippen LogP contribution < -0.4 is 0 Å². The number of ketones is 1. The van der Waals surface area contributed by atoms with Crippen LogP contribution in [0.15, 0.2) is 0 Å². The number of Topliss-reactive ketones (excluding diaryl/α,β-unsaturated/α-hetero) is 1. The average Bonchev–Trinajstić information content (AvgIpc) is 3.15. The maximum atomic E-state index is 13.2. The molecule has 0 aromatic carbocycles. The number of aliphatic hydroxyl groups is 1. The predicted molar refractivity (Wildman–Crippen MR) is 141 cm³/mol. The van der Waals surface area contributed by atoms with E-state index in [1.807, 2.05) is 0 Å². The molecule has 0 radical (unpaired) electrons. The van der Waals surface area contributed by atoms with E-state index in [2.05, 4.69) is 13.8 Å². The van der Waals surface area contributed by atoms with Crippen LogP contribution >= 0.6 is 0 Å². The lowest BCUT2D eigenvalue weighted by atomic mass is 9.42. The minimum Gasteiger partial charge on any atom is -0.481 e. The molecule has 9 atom stereocenters. The Hall–Kier alpha value is -1.25. The quantitative estimate of drug-likeness (QED) is 0.191. The standard InChI is InChI=1S/C31H47F5O4/c1-28-16-14-22(37)17-21(28)10-11-23-24-12-13-25(38)29(24,2)18-20(26(23)28)8-5-3-4-7-19(27(39)40)9-6-15-30(32,33)31(34,35)36/h19-21,23-26,38H,3-18H2,1-2H3,(H,39,40)/t19?,20?,21?,23-,24-,25?,26+,28-,29-/m0/s1. The molecule has 0 bridgehead atoms. The van der Waals surface area contributed by atoms with Crippen LogP contribution in [0, 0.1) is 46.3 Å². The van der Waals surface area contributed by atoms with Gasteiger partial charge in [-0.05, 0) is 98.2 Å². The van der Waals surface area contributed by atoms with Crippen molar-refractivity contribution in [3.63, 3.8) is 0 Å². The molecule has 4 aliphatic rings. The van der Waals surface area contributed by atoms with Gasteiger partial charge in [0.1, 0.15) is 5.78 Å². The van der Waals surface area contributed by atoms with E-state index in [0.29, 0.717) is 54.6 Å². The summed E-state index contributed by atoms with van der Waals surface area (Å²) in [5.74, 6) is -4.04. The smallest absolute Gasteiger partial charge is 0.453 e. The molecular formula is C31H47F5O4. The van der Waals surface area contributed by atoms with Crippen molar-refractivity contribution in [1.82, 2.24) is 0 Å². The lowest BCUT2D eigenvalue weighted by Gasteiger charge is -2.62. The van der Waals surface area contributed by atoms with E-state index in [9.17, 15) is 41.8 Å². The fourth-order valence-electron chi connectivity index (χ4n) is 9.78. The Labute approximate surface area is 234 Å². The van der Waals surface area contributed by atoms with Crippen molar-refractivity contribution in [1.29, 1.82) is 0 Å². The Morgan fingerprint density at radius 2 is 1.68 bits per heavy atom. The van der Waals surface area contributed by atoms with Crippen LogP contribution in [0.4, 0.5) is 22.0 Å². The molecule has 4 fully saturated rings. The Morgan fingerprint density at radius 1 is 0.975 bits per heavy atom. The summed E-state index contributed by atoms with van der Waals surface area (Å²) in [5, 5.41) is 20.5. The van der Waals surface area contributed by atoms with Crippen molar-refractivity contribution in [2.24, 2.45) is 46.3 Å². The molecule has 0 heterocycles. The first-order valence-corrected chi connectivity index (χ1v) is 15.5. The number of aliphatic carboxylic acids is 1. The molecule has 4 aliphatic carbocycles. The van der Waals surface area contributed by atoms with Gasteiger partial charge < -0.3 is 10.2 Å². The van der Waals surface area contributed by atoms with E-state index in [4.69, 9.17) is 0 Å². The van der Waals surface area contributed by atoms with E-state index in [1.165, 1.54) is 0 Å². The number of carbonyl (C=O) groups is 2. The van der Waals surface area contributed by atoms with E-state index < -0.39 is 36.8 Å². The van der Waals surface area contributed by atoms with Gasteiger partial charge in [0.05, 0.1) is 12.0 Å². The molecule has 0 spiro atoms. The van der Waals surface area contributed by atoms with Crippen LogP contribution in [0.25, 0.3) is 0 Å². The number of fused-ring (bicyclic) bond motifs is 5.